The van der Waals surface area contributed by atoms with Gasteiger partial charge in [0.2, 0.25) is 0 Å². The molecule has 4 heteroatoms. The molecule has 0 saturated carbocycles. The second-order valence-electron chi connectivity index (χ2n) is 2.62. The number of carbonyl (C=O) groups is 1. The molecule has 0 aromatic carbocycles. The van der Waals surface area contributed by atoms with E-state index >= 15 is 0 Å². The third-order valence-corrected chi connectivity index (χ3v) is 2.47. The topological polar surface area (TPSA) is 26.3 Å². The van der Waals surface area contributed by atoms with Gasteiger partial charge in [-0.05, 0) is 19.9 Å². The van der Waals surface area contributed by atoms with Gasteiger partial charge in [0.05, 0.1) is 6.10 Å². The Morgan fingerprint density at radius 2 is 2.33 bits per heavy atom. The molecule has 0 N–H and O–H groups in total. The summed E-state index contributed by atoms with van der Waals surface area (Å²) in [5.41, 5.74) is 0. The average Bonchev–Trinajstić information content (AvgIpc) is 2.34. The first kappa shape index (κ1) is 9.61. The summed E-state index contributed by atoms with van der Waals surface area (Å²) in [6.45, 7) is 3.65. The van der Waals surface area contributed by atoms with Crippen LogP contribution in [0.4, 0.5) is 0 Å². The summed E-state index contributed by atoms with van der Waals surface area (Å²) >= 11 is 5.44. The molecule has 0 aliphatic heterocycles. The molecule has 0 radical (unpaired) electrons. The van der Waals surface area contributed by atoms with E-state index in [1.165, 1.54) is 11.3 Å². The molecule has 12 heavy (non-hydrogen) atoms. The lowest BCUT2D eigenvalue weighted by Crippen LogP contribution is -2.09. The zero-order valence-electron chi connectivity index (χ0n) is 6.90. The van der Waals surface area contributed by atoms with Crippen LogP contribution in [-0.4, -0.2) is 12.1 Å². The van der Waals surface area contributed by atoms with Gasteiger partial charge in [0.15, 0.2) is 0 Å². The van der Waals surface area contributed by atoms with Crippen molar-refractivity contribution in [2.75, 3.05) is 0 Å². The van der Waals surface area contributed by atoms with Gasteiger partial charge in [-0.3, -0.25) is 0 Å². The van der Waals surface area contributed by atoms with Gasteiger partial charge in [0.25, 0.3) is 0 Å². The fourth-order valence-electron chi connectivity index (χ4n) is 0.705. The van der Waals surface area contributed by atoms with Crippen LogP contribution < -0.4 is 0 Å². The summed E-state index contributed by atoms with van der Waals surface area (Å²) in [4.78, 5) is 12.6. The summed E-state index contributed by atoms with van der Waals surface area (Å²) < 4.78 is 4.99. The van der Waals surface area contributed by atoms with E-state index in [1.54, 1.807) is 11.4 Å². The van der Waals surface area contributed by atoms with Crippen molar-refractivity contribution in [3.05, 3.63) is 16.3 Å². The van der Waals surface area contributed by atoms with Crippen LogP contribution in [0.1, 0.15) is 23.5 Å². The Labute approximate surface area is 81.0 Å². The fraction of sp³-hybridized carbons (Fsp3) is 0.375. The normalized spacial score (nSPS) is 10.3. The van der Waals surface area contributed by atoms with Gasteiger partial charge in [-0.15, -0.1) is 24.0 Å². The highest BCUT2D eigenvalue weighted by Gasteiger charge is 2.10. The first-order valence-electron chi connectivity index (χ1n) is 3.58. The molecule has 0 saturated heterocycles. The van der Waals surface area contributed by atoms with Crippen molar-refractivity contribution in [1.82, 2.24) is 0 Å². The number of esters is 1. The SMILES string of the molecule is CC(C)OC(=O)c1cc(S)cs1. The molecule has 0 fully saturated rings. The molecule has 1 aromatic heterocycles. The van der Waals surface area contributed by atoms with E-state index in [-0.39, 0.29) is 12.1 Å². The van der Waals surface area contributed by atoms with Crippen LogP contribution in [0.3, 0.4) is 0 Å². The van der Waals surface area contributed by atoms with Crippen LogP contribution in [0.25, 0.3) is 0 Å². The Morgan fingerprint density at radius 1 is 1.67 bits per heavy atom. The van der Waals surface area contributed by atoms with Gasteiger partial charge in [-0.1, -0.05) is 0 Å². The maximum absolute atomic E-state index is 11.2. The third-order valence-electron chi connectivity index (χ3n) is 1.13. The van der Waals surface area contributed by atoms with Gasteiger partial charge >= 0.3 is 5.97 Å². The van der Waals surface area contributed by atoms with Crippen molar-refractivity contribution in [3.8, 4) is 0 Å². The number of hydrogen-bond acceptors (Lipinski definition) is 4. The lowest BCUT2D eigenvalue weighted by Gasteiger charge is -2.04. The average molecular weight is 202 g/mol. The van der Waals surface area contributed by atoms with E-state index in [2.05, 4.69) is 12.6 Å². The molecule has 1 aromatic rings. The second-order valence-corrected chi connectivity index (χ2v) is 4.05. The molecule has 0 spiro atoms. The van der Waals surface area contributed by atoms with Crippen LogP contribution in [0, 0.1) is 0 Å². The molecule has 0 amide bonds. The summed E-state index contributed by atoms with van der Waals surface area (Å²) in [7, 11) is 0. The van der Waals surface area contributed by atoms with Crippen molar-refractivity contribution < 1.29 is 9.53 Å². The minimum Gasteiger partial charge on any atom is -0.459 e. The lowest BCUT2D eigenvalue weighted by molar-refractivity contribution is 0.0383. The highest BCUT2D eigenvalue weighted by Crippen LogP contribution is 2.18. The molecule has 2 nitrogen and oxygen atoms in total. The highest BCUT2D eigenvalue weighted by molar-refractivity contribution is 7.80. The number of thiophene rings is 1. The smallest absolute Gasteiger partial charge is 0.348 e. The summed E-state index contributed by atoms with van der Waals surface area (Å²) in [6, 6.07) is 1.71. The largest absolute Gasteiger partial charge is 0.459 e. The predicted octanol–water partition coefficient (Wildman–Crippen LogP) is 2.60. The summed E-state index contributed by atoms with van der Waals surface area (Å²) in [6.07, 6.45) is -0.0667. The zero-order chi connectivity index (χ0) is 9.14. The number of hydrogen-bond donors (Lipinski definition) is 1. The fourth-order valence-corrected chi connectivity index (χ4v) is 1.74. The number of rotatable bonds is 2. The van der Waals surface area contributed by atoms with Crippen LogP contribution in [-0.2, 0) is 4.74 Å². The van der Waals surface area contributed by atoms with Gasteiger partial charge in [0, 0.05) is 10.3 Å². The third kappa shape index (κ3) is 2.53. The van der Waals surface area contributed by atoms with Crippen LogP contribution in [0.2, 0.25) is 0 Å². The molecule has 0 atom stereocenters. The standard InChI is InChI=1S/C8H10O2S2/c1-5(2)10-8(9)7-3-6(11)4-12-7/h3-5,11H,1-2H3. The number of thiol groups is 1. The Balaban J connectivity index is 2.65. The molecule has 0 aliphatic carbocycles. The molecule has 0 aliphatic rings. The molecule has 1 rings (SSSR count). The van der Waals surface area contributed by atoms with E-state index in [9.17, 15) is 4.79 Å². The first-order valence-corrected chi connectivity index (χ1v) is 4.90. The van der Waals surface area contributed by atoms with E-state index in [0.717, 1.165) is 4.90 Å². The van der Waals surface area contributed by atoms with Crippen LogP contribution >= 0.6 is 24.0 Å². The van der Waals surface area contributed by atoms with Crippen molar-refractivity contribution >= 4 is 29.9 Å². The Kier molecular flexibility index (Phi) is 3.17. The molecule has 0 unspecified atom stereocenters. The monoisotopic (exact) mass is 202 g/mol. The molecule has 1 heterocycles. The minimum absolute atomic E-state index is 0.0667. The van der Waals surface area contributed by atoms with Crippen molar-refractivity contribution in [1.29, 1.82) is 0 Å². The summed E-state index contributed by atoms with van der Waals surface area (Å²) in [5, 5.41) is 1.81. The van der Waals surface area contributed by atoms with Crippen LogP contribution in [0.5, 0.6) is 0 Å². The Hall–Kier alpha value is -0.480. The Bertz CT molecular complexity index is 278. The maximum Gasteiger partial charge on any atom is 0.348 e. The van der Waals surface area contributed by atoms with E-state index in [1.807, 2.05) is 13.8 Å². The molecule has 66 valence electrons. The highest BCUT2D eigenvalue weighted by atomic mass is 32.1. The number of carbonyl (C=O) groups excluding carboxylic acids is 1. The predicted molar refractivity (Wildman–Crippen MR) is 52.1 cm³/mol. The van der Waals surface area contributed by atoms with Crippen LogP contribution in [0.15, 0.2) is 16.3 Å². The summed E-state index contributed by atoms with van der Waals surface area (Å²) in [5.74, 6) is -0.268. The number of ether oxygens (including phenoxy) is 1. The van der Waals surface area contributed by atoms with E-state index in [0.29, 0.717) is 4.88 Å². The van der Waals surface area contributed by atoms with Crippen molar-refractivity contribution in [3.63, 3.8) is 0 Å². The quantitative estimate of drug-likeness (QED) is 0.589. The van der Waals surface area contributed by atoms with E-state index in [4.69, 9.17) is 4.74 Å². The van der Waals surface area contributed by atoms with Gasteiger partial charge in [-0.2, -0.15) is 0 Å². The molecular weight excluding hydrogens is 192 g/mol. The van der Waals surface area contributed by atoms with E-state index < -0.39 is 0 Å². The van der Waals surface area contributed by atoms with Gasteiger partial charge in [0.1, 0.15) is 4.88 Å². The van der Waals surface area contributed by atoms with Gasteiger partial charge < -0.3 is 4.74 Å². The van der Waals surface area contributed by atoms with Crippen molar-refractivity contribution in [2.45, 2.75) is 24.8 Å². The first-order chi connectivity index (χ1) is 5.59. The molecular formula is C8H10O2S2. The van der Waals surface area contributed by atoms with Gasteiger partial charge in [-0.25, -0.2) is 4.79 Å². The minimum atomic E-state index is -0.268. The zero-order valence-corrected chi connectivity index (χ0v) is 8.61. The maximum atomic E-state index is 11.2. The Morgan fingerprint density at radius 3 is 2.75 bits per heavy atom. The second kappa shape index (κ2) is 3.96. The lowest BCUT2D eigenvalue weighted by atomic mass is 10.4. The van der Waals surface area contributed by atoms with Crippen molar-refractivity contribution in [2.24, 2.45) is 0 Å². The molecule has 0 bridgehead atoms.